The third-order valence-electron chi connectivity index (χ3n) is 3.83. The molecule has 1 fully saturated rings. The fraction of sp³-hybridized carbons (Fsp3) is 0.688. The third kappa shape index (κ3) is 6.18. The zero-order chi connectivity index (χ0) is 17.4. The largest absolute Gasteiger partial charge is 0.379 e. The number of hydrogen-bond donors (Lipinski definition) is 2. The van der Waals surface area contributed by atoms with Crippen LogP contribution in [0.1, 0.15) is 36.9 Å². The third-order valence-corrected chi connectivity index (χ3v) is 5.03. The van der Waals surface area contributed by atoms with Crippen molar-refractivity contribution in [3.8, 4) is 0 Å². The molecule has 1 aromatic heterocycles. The highest BCUT2D eigenvalue weighted by Gasteiger charge is 2.15. The van der Waals surface area contributed by atoms with Gasteiger partial charge in [-0.2, -0.15) is 0 Å². The van der Waals surface area contributed by atoms with E-state index in [0.29, 0.717) is 18.9 Å². The molecule has 2 rings (SSSR count). The van der Waals surface area contributed by atoms with Gasteiger partial charge in [0, 0.05) is 30.9 Å². The van der Waals surface area contributed by atoms with Crippen molar-refractivity contribution in [2.45, 2.75) is 38.8 Å². The molecule has 2 amide bonds. The van der Waals surface area contributed by atoms with Gasteiger partial charge in [-0.15, -0.1) is 11.3 Å². The Bertz CT molecular complexity index is 529. The molecule has 7 nitrogen and oxygen atoms in total. The summed E-state index contributed by atoms with van der Waals surface area (Å²) < 4.78 is 5.29. The topological polar surface area (TPSA) is 83.6 Å². The molecule has 24 heavy (non-hydrogen) atoms. The normalized spacial score (nSPS) is 16.8. The first-order valence-corrected chi connectivity index (χ1v) is 9.20. The van der Waals surface area contributed by atoms with Crippen LogP contribution in [0.4, 0.5) is 4.79 Å². The average molecular weight is 354 g/mol. The van der Waals surface area contributed by atoms with Gasteiger partial charge < -0.3 is 20.2 Å². The standard InChI is InChI=1S/C16H26N4O3S/c1-12(2)15-18-14(11-24-15)9-17-16(22)19-13(10-21)3-4-20-5-7-23-8-6-20/h10-13H,3-9H2,1-2H3,(H2,17,19,22)/t13-/m0/s1. The summed E-state index contributed by atoms with van der Waals surface area (Å²) >= 11 is 1.60. The number of aromatic nitrogens is 1. The lowest BCUT2D eigenvalue weighted by molar-refractivity contribution is -0.109. The Balaban J connectivity index is 1.69. The summed E-state index contributed by atoms with van der Waals surface area (Å²) in [4.78, 5) is 29.8. The molecule has 2 heterocycles. The van der Waals surface area contributed by atoms with Gasteiger partial charge in [0.25, 0.3) is 0 Å². The summed E-state index contributed by atoms with van der Waals surface area (Å²) in [7, 11) is 0. The number of aldehydes is 1. The van der Waals surface area contributed by atoms with E-state index >= 15 is 0 Å². The Hall–Kier alpha value is -1.51. The van der Waals surface area contributed by atoms with Crippen molar-refractivity contribution in [2.75, 3.05) is 32.8 Å². The summed E-state index contributed by atoms with van der Waals surface area (Å²) in [6.45, 7) is 8.52. The number of urea groups is 1. The van der Waals surface area contributed by atoms with Gasteiger partial charge in [0.15, 0.2) is 0 Å². The summed E-state index contributed by atoms with van der Waals surface area (Å²) in [6, 6.07) is -0.817. The predicted octanol–water partition coefficient (Wildman–Crippen LogP) is 1.36. The summed E-state index contributed by atoms with van der Waals surface area (Å²) in [5, 5.41) is 8.47. The lowest BCUT2D eigenvalue weighted by Gasteiger charge is -2.27. The molecule has 1 saturated heterocycles. The van der Waals surface area contributed by atoms with Crippen LogP contribution in [0.2, 0.25) is 0 Å². The van der Waals surface area contributed by atoms with Crippen LogP contribution < -0.4 is 10.6 Å². The second-order valence-electron chi connectivity index (χ2n) is 6.14. The van der Waals surface area contributed by atoms with Crippen LogP contribution in [-0.4, -0.2) is 61.1 Å². The fourth-order valence-electron chi connectivity index (χ4n) is 2.38. The number of nitrogens with one attached hydrogen (secondary N) is 2. The van der Waals surface area contributed by atoms with E-state index in [1.165, 1.54) is 0 Å². The molecule has 0 spiro atoms. The first kappa shape index (κ1) is 18.8. The van der Waals surface area contributed by atoms with Crippen molar-refractivity contribution in [3.63, 3.8) is 0 Å². The molecule has 0 bridgehead atoms. The van der Waals surface area contributed by atoms with E-state index in [2.05, 4.69) is 34.4 Å². The zero-order valence-electron chi connectivity index (χ0n) is 14.3. The van der Waals surface area contributed by atoms with E-state index in [0.717, 1.165) is 49.8 Å². The zero-order valence-corrected chi connectivity index (χ0v) is 15.1. The highest BCUT2D eigenvalue weighted by Crippen LogP contribution is 2.18. The van der Waals surface area contributed by atoms with Gasteiger partial charge >= 0.3 is 6.03 Å². The number of carbonyl (C=O) groups is 2. The average Bonchev–Trinajstić information content (AvgIpc) is 3.07. The van der Waals surface area contributed by atoms with Crippen LogP contribution in [0.25, 0.3) is 0 Å². The van der Waals surface area contributed by atoms with Crippen LogP contribution in [0, 0.1) is 0 Å². The van der Waals surface area contributed by atoms with E-state index in [-0.39, 0.29) is 6.03 Å². The maximum absolute atomic E-state index is 11.9. The minimum absolute atomic E-state index is 0.340. The van der Waals surface area contributed by atoms with Gasteiger partial charge in [0.1, 0.15) is 6.29 Å². The van der Waals surface area contributed by atoms with Gasteiger partial charge in [-0.3, -0.25) is 4.90 Å². The van der Waals surface area contributed by atoms with Crippen molar-refractivity contribution in [1.82, 2.24) is 20.5 Å². The number of amides is 2. The Labute approximate surface area is 146 Å². The SMILES string of the molecule is CC(C)c1nc(CNC(=O)N[C@H](C=O)CCN2CCOCC2)cs1. The second-order valence-corrected chi connectivity index (χ2v) is 7.03. The van der Waals surface area contributed by atoms with Crippen LogP contribution in [0.3, 0.4) is 0 Å². The number of morpholine rings is 1. The summed E-state index contributed by atoms with van der Waals surface area (Å²) in [6.07, 6.45) is 1.39. The fourth-order valence-corrected chi connectivity index (χ4v) is 3.21. The molecule has 0 saturated carbocycles. The van der Waals surface area contributed by atoms with E-state index in [1.807, 2.05) is 5.38 Å². The van der Waals surface area contributed by atoms with E-state index < -0.39 is 6.04 Å². The Morgan fingerprint density at radius 3 is 2.83 bits per heavy atom. The highest BCUT2D eigenvalue weighted by molar-refractivity contribution is 7.09. The van der Waals surface area contributed by atoms with Gasteiger partial charge in [0.2, 0.25) is 0 Å². The molecule has 0 aromatic carbocycles. The van der Waals surface area contributed by atoms with Crippen molar-refractivity contribution >= 4 is 23.7 Å². The van der Waals surface area contributed by atoms with Gasteiger partial charge in [-0.05, 0) is 6.42 Å². The van der Waals surface area contributed by atoms with Crippen molar-refractivity contribution in [1.29, 1.82) is 0 Å². The summed E-state index contributed by atoms with van der Waals surface area (Å²) in [5.74, 6) is 0.386. The van der Waals surface area contributed by atoms with Crippen LogP contribution in [-0.2, 0) is 16.1 Å². The molecular formula is C16H26N4O3S. The van der Waals surface area contributed by atoms with Gasteiger partial charge in [-0.1, -0.05) is 13.8 Å². The van der Waals surface area contributed by atoms with Crippen molar-refractivity contribution < 1.29 is 14.3 Å². The van der Waals surface area contributed by atoms with E-state index in [1.54, 1.807) is 11.3 Å². The number of carbonyl (C=O) groups excluding carboxylic acids is 2. The molecule has 1 aromatic rings. The predicted molar refractivity (Wildman–Crippen MR) is 93.3 cm³/mol. The molecule has 2 N–H and O–H groups in total. The molecule has 0 unspecified atom stereocenters. The minimum atomic E-state index is -0.477. The number of rotatable bonds is 8. The number of thiazole rings is 1. The van der Waals surface area contributed by atoms with E-state index in [4.69, 9.17) is 4.74 Å². The molecule has 0 aliphatic carbocycles. The smallest absolute Gasteiger partial charge is 0.315 e. The highest BCUT2D eigenvalue weighted by atomic mass is 32.1. The molecule has 134 valence electrons. The lowest BCUT2D eigenvalue weighted by atomic mass is 10.2. The molecule has 1 aliphatic heterocycles. The van der Waals surface area contributed by atoms with Gasteiger partial charge in [0.05, 0.1) is 36.5 Å². The maximum atomic E-state index is 11.9. The van der Waals surface area contributed by atoms with Crippen molar-refractivity contribution in [2.24, 2.45) is 0 Å². The number of ether oxygens (including phenoxy) is 1. The maximum Gasteiger partial charge on any atom is 0.315 e. The molecule has 1 aliphatic rings. The minimum Gasteiger partial charge on any atom is -0.379 e. The van der Waals surface area contributed by atoms with Gasteiger partial charge in [-0.25, -0.2) is 9.78 Å². The molecule has 8 heteroatoms. The number of nitrogens with zero attached hydrogens (tertiary/aromatic N) is 2. The second kappa shape index (κ2) is 9.71. The monoisotopic (exact) mass is 354 g/mol. The number of hydrogen-bond acceptors (Lipinski definition) is 6. The van der Waals surface area contributed by atoms with Crippen molar-refractivity contribution in [3.05, 3.63) is 16.1 Å². The van der Waals surface area contributed by atoms with Crippen LogP contribution >= 0.6 is 11.3 Å². The molecular weight excluding hydrogens is 328 g/mol. The lowest BCUT2D eigenvalue weighted by Crippen LogP contribution is -2.45. The first-order valence-electron chi connectivity index (χ1n) is 8.32. The van der Waals surface area contributed by atoms with Crippen LogP contribution in [0.5, 0.6) is 0 Å². The van der Waals surface area contributed by atoms with E-state index in [9.17, 15) is 9.59 Å². The Morgan fingerprint density at radius 1 is 1.46 bits per heavy atom. The molecule has 0 radical (unpaired) electrons. The molecule has 1 atom stereocenters. The summed E-state index contributed by atoms with van der Waals surface area (Å²) in [5.41, 5.74) is 0.842. The quantitative estimate of drug-likeness (QED) is 0.689. The first-order chi connectivity index (χ1) is 11.6. The Kier molecular flexibility index (Phi) is 7.61. The Morgan fingerprint density at radius 2 is 2.21 bits per heavy atom. The van der Waals surface area contributed by atoms with Crippen LogP contribution in [0.15, 0.2) is 5.38 Å².